The molecule has 0 aromatic carbocycles. The summed E-state index contributed by atoms with van der Waals surface area (Å²) in [4.78, 5) is 24.2. The summed E-state index contributed by atoms with van der Waals surface area (Å²) in [7, 11) is 0. The molecule has 0 aliphatic heterocycles. The van der Waals surface area contributed by atoms with Crippen LogP contribution in [0, 0.1) is 28.6 Å². The summed E-state index contributed by atoms with van der Waals surface area (Å²) in [6.07, 6.45) is 9.06. The topological polar surface area (TPSA) is 54.4 Å². The summed E-state index contributed by atoms with van der Waals surface area (Å²) in [5.74, 6) is 2.22. The molecule has 0 aromatic rings. The predicted octanol–water partition coefficient (Wildman–Crippen LogP) is 3.06. The Kier molecular flexibility index (Phi) is 3.17. The van der Waals surface area contributed by atoms with E-state index in [2.05, 4.69) is 6.92 Å². The Labute approximate surface area is 132 Å². The van der Waals surface area contributed by atoms with Crippen LogP contribution in [-0.2, 0) is 9.59 Å². The van der Waals surface area contributed by atoms with E-state index in [0.717, 1.165) is 44.9 Å². The number of Topliss-reactive ketones (excluding diaryl/α,β-unsaturated/α-hetero) is 1. The van der Waals surface area contributed by atoms with Gasteiger partial charge >= 0.3 is 0 Å². The molecule has 0 spiro atoms. The maximum Gasteiger partial charge on any atom is 0.155 e. The molecule has 4 rings (SSSR count). The monoisotopic (exact) mass is 302 g/mol. The first-order valence-corrected chi connectivity index (χ1v) is 8.89. The van der Waals surface area contributed by atoms with Gasteiger partial charge in [-0.05, 0) is 62.4 Å². The maximum atomic E-state index is 12.4. The quantitative estimate of drug-likeness (QED) is 0.810. The first-order chi connectivity index (χ1) is 10.5. The van der Waals surface area contributed by atoms with Gasteiger partial charge in [-0.25, -0.2) is 0 Å². The number of hydrogen-bond acceptors (Lipinski definition) is 3. The fourth-order valence-corrected chi connectivity index (χ4v) is 6.43. The van der Waals surface area contributed by atoms with Crippen molar-refractivity contribution in [1.82, 2.24) is 0 Å². The Bertz CT molecular complexity index is 563. The summed E-state index contributed by atoms with van der Waals surface area (Å²) in [6, 6.07) is 0. The average molecular weight is 302 g/mol. The fraction of sp³-hybridized carbons (Fsp3) is 0.789. The normalized spacial score (nSPS) is 47.5. The molecule has 1 N–H and O–H groups in total. The van der Waals surface area contributed by atoms with Crippen molar-refractivity contribution in [3.63, 3.8) is 0 Å². The highest BCUT2D eigenvalue weighted by molar-refractivity contribution is 5.91. The zero-order valence-corrected chi connectivity index (χ0v) is 13.4. The van der Waals surface area contributed by atoms with Gasteiger partial charge < -0.3 is 5.11 Å². The van der Waals surface area contributed by atoms with Crippen LogP contribution in [0.15, 0.2) is 11.6 Å². The third kappa shape index (κ3) is 1.72. The van der Waals surface area contributed by atoms with Crippen molar-refractivity contribution >= 4 is 11.6 Å². The number of carbonyl (C=O) groups is 2. The minimum absolute atomic E-state index is 0.108. The van der Waals surface area contributed by atoms with E-state index in [1.54, 1.807) is 0 Å². The van der Waals surface area contributed by atoms with Crippen LogP contribution in [0.2, 0.25) is 0 Å². The van der Waals surface area contributed by atoms with Crippen molar-refractivity contribution in [1.29, 1.82) is 0 Å². The second-order valence-corrected chi connectivity index (χ2v) is 8.28. The number of hydrogen-bond donors (Lipinski definition) is 1. The van der Waals surface area contributed by atoms with Gasteiger partial charge in [0, 0.05) is 23.7 Å². The molecular formula is C19H26O3. The van der Waals surface area contributed by atoms with Gasteiger partial charge in [0.15, 0.2) is 5.78 Å². The SMILES string of the molecule is C[C@@]12CC[C@H]3[C@@H](CCC4=CC(=O)CC[C@@]43CO)[C@H]1CCC2=O. The van der Waals surface area contributed by atoms with Crippen LogP contribution in [0.1, 0.15) is 58.3 Å². The molecule has 120 valence electrons. The van der Waals surface area contributed by atoms with E-state index in [9.17, 15) is 14.7 Å². The fourth-order valence-electron chi connectivity index (χ4n) is 6.43. The minimum atomic E-state index is -0.163. The zero-order valence-electron chi connectivity index (χ0n) is 13.4. The van der Waals surface area contributed by atoms with Gasteiger partial charge in [0.05, 0.1) is 6.61 Å². The van der Waals surface area contributed by atoms with E-state index in [1.165, 1.54) is 5.57 Å². The van der Waals surface area contributed by atoms with Crippen molar-refractivity contribution in [3.05, 3.63) is 11.6 Å². The standard InChI is InChI=1S/C19H26O3/c1-18-8-7-16-14(15(18)4-5-17(18)22)3-2-12-10-13(21)6-9-19(12,16)11-20/h10,14-16,20H,2-9,11H2,1H3/t14-,15+,16-,18+,19+/m0/s1. The number of fused-ring (bicyclic) bond motifs is 5. The van der Waals surface area contributed by atoms with Crippen molar-refractivity contribution in [2.75, 3.05) is 6.61 Å². The second kappa shape index (κ2) is 4.77. The molecular weight excluding hydrogens is 276 g/mol. The summed E-state index contributed by atoms with van der Waals surface area (Å²) < 4.78 is 0. The van der Waals surface area contributed by atoms with E-state index in [4.69, 9.17) is 0 Å². The smallest absolute Gasteiger partial charge is 0.155 e. The molecule has 0 saturated heterocycles. The molecule has 0 radical (unpaired) electrons. The van der Waals surface area contributed by atoms with Gasteiger partial charge in [0.25, 0.3) is 0 Å². The molecule has 0 amide bonds. The summed E-state index contributed by atoms with van der Waals surface area (Å²) in [5.41, 5.74) is 0.938. The molecule has 3 nitrogen and oxygen atoms in total. The Morgan fingerprint density at radius 2 is 1.91 bits per heavy atom. The van der Waals surface area contributed by atoms with Crippen LogP contribution < -0.4 is 0 Å². The lowest BCUT2D eigenvalue weighted by Crippen LogP contribution is -2.53. The first kappa shape index (κ1) is 14.6. The highest BCUT2D eigenvalue weighted by Crippen LogP contribution is 2.64. The summed E-state index contributed by atoms with van der Waals surface area (Å²) in [6.45, 7) is 2.36. The Balaban J connectivity index is 1.73. The van der Waals surface area contributed by atoms with E-state index >= 15 is 0 Å². The Morgan fingerprint density at radius 3 is 2.68 bits per heavy atom. The predicted molar refractivity (Wildman–Crippen MR) is 83.1 cm³/mol. The Morgan fingerprint density at radius 1 is 1.09 bits per heavy atom. The highest BCUT2D eigenvalue weighted by atomic mass is 16.3. The van der Waals surface area contributed by atoms with E-state index in [0.29, 0.717) is 30.0 Å². The number of aliphatic hydroxyl groups is 1. The molecule has 5 atom stereocenters. The van der Waals surface area contributed by atoms with Gasteiger partial charge in [-0.15, -0.1) is 0 Å². The lowest BCUT2D eigenvalue weighted by atomic mass is 9.47. The van der Waals surface area contributed by atoms with Crippen molar-refractivity contribution in [2.45, 2.75) is 58.3 Å². The average Bonchev–Trinajstić information content (AvgIpc) is 2.82. The van der Waals surface area contributed by atoms with Gasteiger partial charge in [0.2, 0.25) is 0 Å². The molecule has 3 fully saturated rings. The third-order valence-electron chi connectivity index (χ3n) is 7.68. The van der Waals surface area contributed by atoms with E-state index in [-0.39, 0.29) is 23.2 Å². The summed E-state index contributed by atoms with van der Waals surface area (Å²) in [5, 5.41) is 10.2. The van der Waals surface area contributed by atoms with Crippen molar-refractivity contribution in [3.8, 4) is 0 Å². The molecule has 0 aromatic heterocycles. The molecule has 4 aliphatic rings. The first-order valence-electron chi connectivity index (χ1n) is 8.89. The molecule has 0 unspecified atom stereocenters. The van der Waals surface area contributed by atoms with Crippen LogP contribution in [-0.4, -0.2) is 23.3 Å². The van der Waals surface area contributed by atoms with Crippen molar-refractivity contribution in [2.24, 2.45) is 28.6 Å². The lowest BCUT2D eigenvalue weighted by molar-refractivity contribution is -0.134. The highest BCUT2D eigenvalue weighted by Gasteiger charge is 2.59. The molecule has 0 heterocycles. The Hall–Kier alpha value is -0.960. The van der Waals surface area contributed by atoms with Gasteiger partial charge in [-0.3, -0.25) is 9.59 Å². The zero-order chi connectivity index (χ0) is 15.5. The molecule has 22 heavy (non-hydrogen) atoms. The van der Waals surface area contributed by atoms with E-state index < -0.39 is 0 Å². The third-order valence-corrected chi connectivity index (χ3v) is 7.68. The lowest BCUT2D eigenvalue weighted by Gasteiger charge is -2.57. The molecule has 3 saturated carbocycles. The molecule has 4 aliphatic carbocycles. The van der Waals surface area contributed by atoms with Gasteiger partial charge in [-0.2, -0.15) is 0 Å². The van der Waals surface area contributed by atoms with Crippen molar-refractivity contribution < 1.29 is 14.7 Å². The van der Waals surface area contributed by atoms with Gasteiger partial charge in [-0.1, -0.05) is 12.5 Å². The summed E-state index contributed by atoms with van der Waals surface area (Å²) >= 11 is 0. The van der Waals surface area contributed by atoms with Crippen LogP contribution in [0.4, 0.5) is 0 Å². The number of carbonyl (C=O) groups excluding carboxylic acids is 2. The van der Waals surface area contributed by atoms with Crippen LogP contribution in [0.25, 0.3) is 0 Å². The van der Waals surface area contributed by atoms with Crippen LogP contribution in [0.5, 0.6) is 0 Å². The molecule has 3 heteroatoms. The van der Waals surface area contributed by atoms with Gasteiger partial charge in [0.1, 0.15) is 5.78 Å². The molecule has 0 bridgehead atoms. The van der Waals surface area contributed by atoms with Crippen LogP contribution >= 0.6 is 0 Å². The second-order valence-electron chi connectivity index (χ2n) is 8.28. The largest absolute Gasteiger partial charge is 0.395 e. The number of ketones is 2. The minimum Gasteiger partial charge on any atom is -0.395 e. The number of rotatable bonds is 1. The van der Waals surface area contributed by atoms with Crippen LogP contribution in [0.3, 0.4) is 0 Å². The number of aliphatic hydroxyl groups excluding tert-OH is 1. The van der Waals surface area contributed by atoms with E-state index in [1.807, 2.05) is 6.08 Å². The maximum absolute atomic E-state index is 12.4.